The normalized spacial score (nSPS) is 16.6. The first kappa shape index (κ1) is 26.6. The zero-order valence-corrected chi connectivity index (χ0v) is 22.1. The highest BCUT2D eigenvalue weighted by Gasteiger charge is 2.47. The molecule has 1 unspecified atom stereocenters. The van der Waals surface area contributed by atoms with Gasteiger partial charge >= 0.3 is 0 Å². The maximum absolute atomic E-state index is 13.6. The molecule has 3 aromatic rings. The lowest BCUT2D eigenvalue weighted by atomic mass is 9.94. The van der Waals surface area contributed by atoms with Crippen LogP contribution in [-0.4, -0.2) is 43.7 Å². The van der Waals surface area contributed by atoms with E-state index in [0.717, 1.165) is 0 Å². The molecule has 38 heavy (non-hydrogen) atoms. The molecule has 8 nitrogen and oxygen atoms in total. The lowest BCUT2D eigenvalue weighted by molar-refractivity contribution is -0.132. The van der Waals surface area contributed by atoms with Crippen LogP contribution in [0.4, 0.5) is 5.69 Å². The molecule has 1 amide bonds. The van der Waals surface area contributed by atoms with Crippen molar-refractivity contribution in [2.45, 2.75) is 32.9 Å². The number of anilines is 1. The molecule has 1 aliphatic rings. The van der Waals surface area contributed by atoms with Gasteiger partial charge in [-0.3, -0.25) is 14.5 Å². The second kappa shape index (κ2) is 11.3. The number of aliphatic hydroxyl groups excluding tert-OH is 1. The number of ketones is 1. The molecule has 3 aromatic carbocycles. The van der Waals surface area contributed by atoms with Crippen LogP contribution in [-0.2, 0) is 9.59 Å². The van der Waals surface area contributed by atoms with Crippen molar-refractivity contribution in [3.8, 4) is 23.0 Å². The summed E-state index contributed by atoms with van der Waals surface area (Å²) in [7, 11) is 2.91. The number of hydrogen-bond acceptors (Lipinski definition) is 7. The monoisotopic (exact) mass is 517 g/mol. The van der Waals surface area contributed by atoms with Gasteiger partial charge in [0.25, 0.3) is 11.7 Å². The number of amides is 1. The Labute approximate surface area is 222 Å². The van der Waals surface area contributed by atoms with E-state index < -0.39 is 23.5 Å². The SMILES string of the molecule is CCOc1cccc(N2C(=O)C(=O)/C(=C(/O)c3c(OC)cccc3OC)C2c2ccc(OC(C)C)cc2)c1. The summed E-state index contributed by atoms with van der Waals surface area (Å²) in [5.41, 5.74) is 1.16. The predicted molar refractivity (Wildman–Crippen MR) is 144 cm³/mol. The smallest absolute Gasteiger partial charge is 0.300 e. The van der Waals surface area contributed by atoms with Gasteiger partial charge in [-0.15, -0.1) is 0 Å². The molecule has 0 saturated carbocycles. The van der Waals surface area contributed by atoms with Crippen molar-refractivity contribution < 1.29 is 33.6 Å². The van der Waals surface area contributed by atoms with Crippen LogP contribution in [0.1, 0.15) is 37.9 Å². The number of carbonyl (C=O) groups excluding carboxylic acids is 2. The molecule has 1 atom stereocenters. The number of Topliss-reactive ketones (excluding diaryl/α,β-unsaturated/α-hetero) is 1. The molecule has 0 spiro atoms. The number of benzene rings is 3. The second-order valence-electron chi connectivity index (χ2n) is 8.87. The first-order chi connectivity index (χ1) is 18.3. The van der Waals surface area contributed by atoms with Gasteiger partial charge in [0.2, 0.25) is 0 Å². The molecule has 1 saturated heterocycles. The van der Waals surface area contributed by atoms with Crippen molar-refractivity contribution in [3.05, 3.63) is 83.4 Å². The summed E-state index contributed by atoms with van der Waals surface area (Å²) < 4.78 is 22.3. The molecule has 0 radical (unpaired) electrons. The van der Waals surface area contributed by atoms with Gasteiger partial charge < -0.3 is 24.1 Å². The van der Waals surface area contributed by atoms with Gasteiger partial charge in [-0.1, -0.05) is 24.3 Å². The van der Waals surface area contributed by atoms with Gasteiger partial charge in [-0.25, -0.2) is 0 Å². The fraction of sp³-hybridized carbons (Fsp3) is 0.267. The van der Waals surface area contributed by atoms with Gasteiger partial charge in [0.1, 0.15) is 34.3 Å². The van der Waals surface area contributed by atoms with E-state index in [2.05, 4.69) is 0 Å². The Bertz CT molecular complexity index is 1340. The number of aliphatic hydroxyl groups is 1. The minimum Gasteiger partial charge on any atom is -0.506 e. The van der Waals surface area contributed by atoms with Crippen LogP contribution >= 0.6 is 0 Å². The average Bonchev–Trinajstić information content (AvgIpc) is 3.18. The third kappa shape index (κ3) is 5.02. The lowest BCUT2D eigenvalue weighted by Crippen LogP contribution is -2.29. The second-order valence-corrected chi connectivity index (χ2v) is 8.87. The summed E-state index contributed by atoms with van der Waals surface area (Å²) in [6.07, 6.45) is -0.0224. The van der Waals surface area contributed by atoms with Crippen LogP contribution < -0.4 is 23.8 Å². The molecule has 198 valence electrons. The largest absolute Gasteiger partial charge is 0.506 e. The molecule has 0 aromatic heterocycles. The zero-order valence-electron chi connectivity index (χ0n) is 22.1. The summed E-state index contributed by atoms with van der Waals surface area (Å²) in [4.78, 5) is 28.5. The Hall–Kier alpha value is -4.46. The quantitative estimate of drug-likeness (QED) is 0.227. The number of carbonyl (C=O) groups is 2. The number of ether oxygens (including phenoxy) is 4. The van der Waals surface area contributed by atoms with Crippen molar-refractivity contribution in [2.24, 2.45) is 0 Å². The Kier molecular flexibility index (Phi) is 7.90. The van der Waals surface area contributed by atoms with Crippen LogP contribution in [0.25, 0.3) is 5.76 Å². The van der Waals surface area contributed by atoms with Crippen LogP contribution in [0, 0.1) is 0 Å². The molecule has 1 heterocycles. The molecule has 1 aliphatic heterocycles. The first-order valence-electron chi connectivity index (χ1n) is 12.3. The molecular weight excluding hydrogens is 486 g/mol. The summed E-state index contributed by atoms with van der Waals surface area (Å²) in [6.45, 7) is 6.15. The van der Waals surface area contributed by atoms with E-state index in [1.165, 1.54) is 19.1 Å². The van der Waals surface area contributed by atoms with Gasteiger partial charge in [-0.2, -0.15) is 0 Å². The van der Waals surface area contributed by atoms with E-state index in [9.17, 15) is 14.7 Å². The van der Waals surface area contributed by atoms with Gasteiger partial charge in [0.05, 0.1) is 38.5 Å². The minimum absolute atomic E-state index is 0.0224. The van der Waals surface area contributed by atoms with Gasteiger partial charge in [0.15, 0.2) is 0 Å². The molecule has 1 fully saturated rings. The van der Waals surface area contributed by atoms with Gasteiger partial charge in [0, 0.05) is 11.8 Å². The third-order valence-corrected chi connectivity index (χ3v) is 6.08. The highest BCUT2D eigenvalue weighted by molar-refractivity contribution is 6.51. The van der Waals surface area contributed by atoms with E-state index in [0.29, 0.717) is 40.9 Å². The van der Waals surface area contributed by atoms with E-state index >= 15 is 0 Å². The number of rotatable bonds is 9. The van der Waals surface area contributed by atoms with Crippen LogP contribution in [0.5, 0.6) is 23.0 Å². The number of nitrogens with zero attached hydrogens (tertiary/aromatic N) is 1. The fourth-order valence-corrected chi connectivity index (χ4v) is 4.52. The highest BCUT2D eigenvalue weighted by Crippen LogP contribution is 2.45. The Morgan fingerprint density at radius 1 is 0.921 bits per heavy atom. The van der Waals surface area contributed by atoms with Crippen LogP contribution in [0.15, 0.2) is 72.3 Å². The summed E-state index contributed by atoms with van der Waals surface area (Å²) in [6, 6.07) is 18.1. The first-order valence-corrected chi connectivity index (χ1v) is 12.3. The molecule has 0 aliphatic carbocycles. The lowest BCUT2D eigenvalue weighted by Gasteiger charge is -2.26. The van der Waals surface area contributed by atoms with Crippen molar-refractivity contribution in [1.82, 2.24) is 0 Å². The van der Waals surface area contributed by atoms with Crippen LogP contribution in [0.2, 0.25) is 0 Å². The van der Waals surface area contributed by atoms with E-state index in [-0.39, 0.29) is 17.2 Å². The Morgan fingerprint density at radius 2 is 1.55 bits per heavy atom. The van der Waals surface area contributed by atoms with Gasteiger partial charge in [-0.05, 0) is 62.7 Å². The Balaban J connectivity index is 1.95. The molecular formula is C30H31NO7. The van der Waals surface area contributed by atoms with E-state index in [1.807, 2.05) is 20.8 Å². The summed E-state index contributed by atoms with van der Waals surface area (Å²) in [5.74, 6) is -0.209. The van der Waals surface area contributed by atoms with Crippen LogP contribution in [0.3, 0.4) is 0 Å². The summed E-state index contributed by atoms with van der Waals surface area (Å²) in [5, 5.41) is 11.6. The molecule has 8 heteroatoms. The maximum Gasteiger partial charge on any atom is 0.300 e. The van der Waals surface area contributed by atoms with Crippen molar-refractivity contribution >= 4 is 23.1 Å². The number of methoxy groups -OCH3 is 2. The molecule has 4 rings (SSSR count). The zero-order chi connectivity index (χ0) is 27.4. The number of hydrogen-bond donors (Lipinski definition) is 1. The highest BCUT2D eigenvalue weighted by atomic mass is 16.5. The minimum atomic E-state index is -0.936. The van der Waals surface area contributed by atoms with E-state index in [4.69, 9.17) is 18.9 Å². The topological polar surface area (TPSA) is 94.5 Å². The standard InChI is InChI=1S/C30H31NO7/c1-6-37-22-10-7-9-20(17-22)31-27(19-13-15-21(16-14-19)38-18(2)3)26(29(33)30(31)34)28(32)25-23(35-4)11-8-12-24(25)36-5/h7-18,27,32H,6H2,1-5H3/b28-26+. The summed E-state index contributed by atoms with van der Waals surface area (Å²) >= 11 is 0. The third-order valence-electron chi connectivity index (χ3n) is 6.08. The predicted octanol–water partition coefficient (Wildman–Crippen LogP) is 5.52. The average molecular weight is 518 g/mol. The fourth-order valence-electron chi connectivity index (χ4n) is 4.52. The molecule has 1 N–H and O–H groups in total. The van der Waals surface area contributed by atoms with Crippen molar-refractivity contribution in [1.29, 1.82) is 0 Å². The Morgan fingerprint density at radius 3 is 2.13 bits per heavy atom. The van der Waals surface area contributed by atoms with E-state index in [1.54, 1.807) is 66.7 Å². The maximum atomic E-state index is 13.6. The van der Waals surface area contributed by atoms with Crippen molar-refractivity contribution in [2.75, 3.05) is 25.7 Å². The molecule has 0 bridgehead atoms. The van der Waals surface area contributed by atoms with Crippen molar-refractivity contribution in [3.63, 3.8) is 0 Å².